The van der Waals surface area contributed by atoms with Gasteiger partial charge in [0.1, 0.15) is 0 Å². The van der Waals surface area contributed by atoms with Crippen LogP contribution in [0, 0.1) is 6.92 Å². The molecule has 0 fully saturated rings. The van der Waals surface area contributed by atoms with Gasteiger partial charge in [0.25, 0.3) is 0 Å². The largest absolute Gasteiger partial charge is 0.320 e. The van der Waals surface area contributed by atoms with E-state index in [1.807, 2.05) is 18.4 Å². The van der Waals surface area contributed by atoms with Crippen molar-refractivity contribution in [3.8, 4) is 0 Å². The van der Waals surface area contributed by atoms with Gasteiger partial charge in [0.2, 0.25) is 0 Å². The molecule has 0 spiro atoms. The van der Waals surface area contributed by atoms with E-state index >= 15 is 0 Å². The summed E-state index contributed by atoms with van der Waals surface area (Å²) in [5, 5.41) is 6.55. The van der Waals surface area contributed by atoms with Crippen molar-refractivity contribution in [1.29, 1.82) is 0 Å². The molecule has 74 valence electrons. The van der Waals surface area contributed by atoms with E-state index in [1.165, 1.54) is 16.2 Å². The zero-order chi connectivity index (χ0) is 9.52. The van der Waals surface area contributed by atoms with Crippen molar-refractivity contribution in [2.24, 2.45) is 0 Å². The molecule has 1 aromatic heterocycles. The van der Waals surface area contributed by atoms with E-state index in [1.54, 1.807) is 0 Å². The summed E-state index contributed by atoms with van der Waals surface area (Å²) in [7, 11) is 1.99. The van der Waals surface area contributed by atoms with Crippen LogP contribution in [-0.2, 0) is 6.54 Å². The Kier molecular flexibility index (Phi) is 5.05. The molecule has 1 heterocycles. The van der Waals surface area contributed by atoms with Crippen LogP contribution in [0.25, 0.3) is 0 Å². The van der Waals surface area contributed by atoms with Crippen molar-refractivity contribution < 1.29 is 0 Å². The average Bonchev–Trinajstić information content (AvgIpc) is 2.51. The zero-order valence-electron chi connectivity index (χ0n) is 8.39. The Balaban J connectivity index is 2.06. The summed E-state index contributed by atoms with van der Waals surface area (Å²) >= 11 is 1.87. The van der Waals surface area contributed by atoms with Gasteiger partial charge in [0.05, 0.1) is 0 Å². The van der Waals surface area contributed by atoms with Crippen LogP contribution >= 0.6 is 11.3 Å². The lowest BCUT2D eigenvalue weighted by Crippen LogP contribution is -2.18. The second-order valence-electron chi connectivity index (χ2n) is 3.15. The fraction of sp³-hybridized carbons (Fsp3) is 0.600. The first-order chi connectivity index (χ1) is 6.33. The predicted molar refractivity (Wildman–Crippen MR) is 59.3 cm³/mol. The zero-order valence-corrected chi connectivity index (χ0v) is 9.21. The first-order valence-corrected chi connectivity index (χ1v) is 5.55. The van der Waals surface area contributed by atoms with Gasteiger partial charge in [-0.25, -0.2) is 0 Å². The molecular weight excluding hydrogens is 180 g/mol. The minimum atomic E-state index is 1.02. The lowest BCUT2D eigenvalue weighted by molar-refractivity contribution is 0.629. The highest BCUT2D eigenvalue weighted by Crippen LogP contribution is 2.14. The van der Waals surface area contributed by atoms with E-state index in [2.05, 4.69) is 29.7 Å². The maximum atomic E-state index is 3.42. The second-order valence-corrected chi connectivity index (χ2v) is 4.52. The van der Waals surface area contributed by atoms with E-state index < -0.39 is 0 Å². The number of hydrogen-bond acceptors (Lipinski definition) is 3. The van der Waals surface area contributed by atoms with E-state index in [0.29, 0.717) is 0 Å². The van der Waals surface area contributed by atoms with Gasteiger partial charge in [-0.3, -0.25) is 0 Å². The SMILES string of the molecule is CNCCCNCc1ccc(C)s1. The van der Waals surface area contributed by atoms with E-state index in [-0.39, 0.29) is 0 Å². The third-order valence-electron chi connectivity index (χ3n) is 1.88. The molecule has 3 heteroatoms. The minimum absolute atomic E-state index is 1.02. The van der Waals surface area contributed by atoms with Gasteiger partial charge in [-0.05, 0) is 45.6 Å². The normalized spacial score (nSPS) is 10.6. The second kappa shape index (κ2) is 6.13. The molecule has 0 unspecified atom stereocenters. The average molecular weight is 198 g/mol. The Labute approximate surface area is 84.4 Å². The van der Waals surface area contributed by atoms with Crippen LogP contribution in [-0.4, -0.2) is 20.1 Å². The molecule has 1 aromatic rings. The monoisotopic (exact) mass is 198 g/mol. The number of aryl methyl sites for hydroxylation is 1. The van der Waals surface area contributed by atoms with Crippen molar-refractivity contribution in [2.45, 2.75) is 19.9 Å². The number of hydrogen-bond donors (Lipinski definition) is 2. The number of nitrogens with one attached hydrogen (secondary N) is 2. The Hall–Kier alpha value is -0.380. The molecule has 0 aliphatic heterocycles. The first-order valence-electron chi connectivity index (χ1n) is 4.73. The van der Waals surface area contributed by atoms with Crippen molar-refractivity contribution in [3.63, 3.8) is 0 Å². The molecule has 0 atom stereocenters. The Morgan fingerprint density at radius 2 is 2.15 bits per heavy atom. The van der Waals surface area contributed by atoms with Crippen LogP contribution in [0.1, 0.15) is 16.2 Å². The fourth-order valence-corrected chi connectivity index (χ4v) is 2.04. The number of rotatable bonds is 6. The Morgan fingerprint density at radius 1 is 1.31 bits per heavy atom. The molecule has 0 aliphatic carbocycles. The third kappa shape index (κ3) is 4.41. The molecule has 2 N–H and O–H groups in total. The summed E-state index contributed by atoms with van der Waals surface area (Å²) in [5.74, 6) is 0. The van der Waals surface area contributed by atoms with E-state index in [0.717, 1.165) is 19.6 Å². The third-order valence-corrected chi connectivity index (χ3v) is 2.88. The minimum Gasteiger partial charge on any atom is -0.320 e. The molecule has 0 aliphatic rings. The van der Waals surface area contributed by atoms with Crippen LogP contribution in [0.2, 0.25) is 0 Å². The molecule has 0 bridgehead atoms. The highest BCUT2D eigenvalue weighted by Gasteiger charge is 1.94. The van der Waals surface area contributed by atoms with Gasteiger partial charge in [-0.2, -0.15) is 0 Å². The molecular formula is C10H18N2S. The van der Waals surface area contributed by atoms with Crippen LogP contribution in [0.15, 0.2) is 12.1 Å². The fourth-order valence-electron chi connectivity index (χ4n) is 1.18. The maximum Gasteiger partial charge on any atom is 0.0299 e. The highest BCUT2D eigenvalue weighted by molar-refractivity contribution is 7.11. The lowest BCUT2D eigenvalue weighted by atomic mass is 10.4. The molecule has 1 rings (SSSR count). The van der Waals surface area contributed by atoms with Crippen LogP contribution in [0.5, 0.6) is 0 Å². The molecule has 0 amide bonds. The highest BCUT2D eigenvalue weighted by atomic mass is 32.1. The van der Waals surface area contributed by atoms with E-state index in [4.69, 9.17) is 0 Å². The summed E-state index contributed by atoms with van der Waals surface area (Å²) in [4.78, 5) is 2.83. The predicted octanol–water partition coefficient (Wildman–Crippen LogP) is 1.76. The van der Waals surface area contributed by atoms with Gasteiger partial charge in [0, 0.05) is 16.3 Å². The van der Waals surface area contributed by atoms with Crippen molar-refractivity contribution in [1.82, 2.24) is 10.6 Å². The van der Waals surface area contributed by atoms with Crippen molar-refractivity contribution in [2.75, 3.05) is 20.1 Å². The lowest BCUT2D eigenvalue weighted by Gasteiger charge is -2.01. The van der Waals surface area contributed by atoms with Gasteiger partial charge in [-0.15, -0.1) is 11.3 Å². The van der Waals surface area contributed by atoms with Gasteiger partial charge >= 0.3 is 0 Å². The van der Waals surface area contributed by atoms with Gasteiger partial charge < -0.3 is 10.6 Å². The smallest absolute Gasteiger partial charge is 0.0299 e. The maximum absolute atomic E-state index is 3.42. The Bertz CT molecular complexity index is 233. The first kappa shape index (κ1) is 10.7. The van der Waals surface area contributed by atoms with Crippen LogP contribution in [0.4, 0.5) is 0 Å². The van der Waals surface area contributed by atoms with Crippen molar-refractivity contribution >= 4 is 11.3 Å². The molecule has 0 radical (unpaired) electrons. The van der Waals surface area contributed by atoms with Crippen molar-refractivity contribution in [3.05, 3.63) is 21.9 Å². The molecule has 0 saturated carbocycles. The summed E-state index contributed by atoms with van der Waals surface area (Å²) in [6, 6.07) is 4.38. The van der Waals surface area contributed by atoms with Gasteiger partial charge in [0.15, 0.2) is 0 Å². The van der Waals surface area contributed by atoms with E-state index in [9.17, 15) is 0 Å². The summed E-state index contributed by atoms with van der Waals surface area (Å²) in [6.45, 7) is 5.35. The summed E-state index contributed by atoms with van der Waals surface area (Å²) in [6.07, 6.45) is 1.20. The Morgan fingerprint density at radius 3 is 2.77 bits per heavy atom. The molecule has 0 saturated heterocycles. The molecule has 0 aromatic carbocycles. The quantitative estimate of drug-likeness (QED) is 0.681. The standard InChI is InChI=1S/C10H18N2S/c1-9-4-5-10(13-9)8-12-7-3-6-11-2/h4-5,11-12H,3,6-8H2,1-2H3. The molecule has 13 heavy (non-hydrogen) atoms. The van der Waals surface area contributed by atoms with Crippen LogP contribution in [0.3, 0.4) is 0 Å². The van der Waals surface area contributed by atoms with Gasteiger partial charge in [-0.1, -0.05) is 0 Å². The topological polar surface area (TPSA) is 24.1 Å². The number of thiophene rings is 1. The van der Waals surface area contributed by atoms with Crippen LogP contribution < -0.4 is 10.6 Å². The molecule has 2 nitrogen and oxygen atoms in total. The summed E-state index contributed by atoms with van der Waals surface area (Å²) < 4.78 is 0. The summed E-state index contributed by atoms with van der Waals surface area (Å²) in [5.41, 5.74) is 0.